The Morgan fingerprint density at radius 3 is 2.81 bits per heavy atom. The van der Waals surface area contributed by atoms with Gasteiger partial charge in [0.05, 0.1) is 0 Å². The van der Waals surface area contributed by atoms with E-state index in [0.29, 0.717) is 30.5 Å². The molecule has 8 heteroatoms. The van der Waals surface area contributed by atoms with E-state index in [1.807, 2.05) is 38.1 Å². The van der Waals surface area contributed by atoms with Gasteiger partial charge < -0.3 is 25.4 Å². The maximum absolute atomic E-state index is 12.2. The van der Waals surface area contributed by atoms with Gasteiger partial charge in [0, 0.05) is 31.4 Å². The highest BCUT2D eigenvalue weighted by molar-refractivity contribution is 5.81. The molecule has 1 aromatic carbocycles. The number of ether oxygens (including phenoxy) is 2. The quantitative estimate of drug-likeness (QED) is 0.647. The van der Waals surface area contributed by atoms with E-state index in [4.69, 9.17) is 9.47 Å². The number of para-hydroxylation sites is 2. The van der Waals surface area contributed by atoms with Gasteiger partial charge in [-0.1, -0.05) is 12.1 Å². The minimum absolute atomic E-state index is 0.198. The van der Waals surface area contributed by atoms with Gasteiger partial charge in [-0.15, -0.1) is 0 Å². The van der Waals surface area contributed by atoms with Crippen molar-refractivity contribution < 1.29 is 14.3 Å². The maximum Gasteiger partial charge on any atom is 0.264 e. The van der Waals surface area contributed by atoms with Crippen LogP contribution in [0.5, 0.6) is 11.5 Å². The van der Waals surface area contributed by atoms with Crippen LogP contribution in [0.3, 0.4) is 0 Å². The third-order valence-corrected chi connectivity index (χ3v) is 3.72. The monoisotopic (exact) mass is 357 g/mol. The van der Waals surface area contributed by atoms with E-state index in [9.17, 15) is 4.79 Å². The lowest BCUT2D eigenvalue weighted by atomic mass is 10.2. The van der Waals surface area contributed by atoms with E-state index in [1.54, 1.807) is 6.07 Å². The molecule has 1 amide bonds. The number of hydrogen-bond acceptors (Lipinski definition) is 7. The third kappa shape index (κ3) is 4.53. The van der Waals surface area contributed by atoms with Gasteiger partial charge in [-0.2, -0.15) is 4.98 Å². The fourth-order valence-corrected chi connectivity index (χ4v) is 2.54. The van der Waals surface area contributed by atoms with Crippen LogP contribution in [0.1, 0.15) is 12.6 Å². The highest BCUT2D eigenvalue weighted by Crippen LogP contribution is 2.30. The molecule has 2 aromatic rings. The summed E-state index contributed by atoms with van der Waals surface area (Å²) in [5.41, 5.74) is 0.869. The smallest absolute Gasteiger partial charge is 0.264 e. The third-order valence-electron chi connectivity index (χ3n) is 3.72. The molecule has 26 heavy (non-hydrogen) atoms. The lowest BCUT2D eigenvalue weighted by molar-refractivity contribution is -0.130. The van der Waals surface area contributed by atoms with E-state index < -0.39 is 6.10 Å². The number of carbonyl (C=O) groups is 1. The zero-order chi connectivity index (χ0) is 18.4. The topological polar surface area (TPSA) is 97.4 Å². The van der Waals surface area contributed by atoms with Gasteiger partial charge in [-0.05, 0) is 26.0 Å². The molecular weight excluding hydrogens is 334 g/mol. The predicted octanol–water partition coefficient (Wildman–Crippen LogP) is 1.58. The molecule has 1 atom stereocenters. The van der Waals surface area contributed by atoms with Crippen molar-refractivity contribution in [2.24, 2.45) is 0 Å². The van der Waals surface area contributed by atoms with Crippen LogP contribution < -0.4 is 25.4 Å². The zero-order valence-corrected chi connectivity index (χ0v) is 14.9. The summed E-state index contributed by atoms with van der Waals surface area (Å²) >= 11 is 0. The normalized spacial score (nSPS) is 15.2. The van der Waals surface area contributed by atoms with Crippen molar-refractivity contribution in [1.29, 1.82) is 0 Å². The molecule has 138 valence electrons. The van der Waals surface area contributed by atoms with E-state index in [-0.39, 0.29) is 12.5 Å². The Labute approximate surface area is 152 Å². The van der Waals surface area contributed by atoms with Crippen LogP contribution in [0.4, 0.5) is 11.8 Å². The largest absolute Gasteiger partial charge is 0.485 e. The summed E-state index contributed by atoms with van der Waals surface area (Å²) in [6.07, 6.45) is -0.652. The molecule has 0 saturated heterocycles. The number of anilines is 2. The first-order valence-electron chi connectivity index (χ1n) is 8.65. The van der Waals surface area contributed by atoms with E-state index in [1.165, 1.54) is 0 Å². The summed E-state index contributed by atoms with van der Waals surface area (Å²) in [4.78, 5) is 20.9. The molecule has 0 fully saturated rings. The molecule has 1 aliphatic heterocycles. The van der Waals surface area contributed by atoms with Crippen LogP contribution in [0.2, 0.25) is 0 Å². The summed E-state index contributed by atoms with van der Waals surface area (Å²) in [5.74, 6) is 2.34. The van der Waals surface area contributed by atoms with Gasteiger partial charge in [0.15, 0.2) is 11.5 Å². The molecule has 0 saturated carbocycles. The number of nitrogens with zero attached hydrogens (tertiary/aromatic N) is 2. The Kier molecular flexibility index (Phi) is 5.73. The Hall–Kier alpha value is -3.03. The van der Waals surface area contributed by atoms with Gasteiger partial charge in [0.25, 0.3) is 5.91 Å². The first-order chi connectivity index (χ1) is 12.7. The number of nitrogens with one attached hydrogen (secondary N) is 3. The minimum Gasteiger partial charge on any atom is -0.485 e. The van der Waals surface area contributed by atoms with Gasteiger partial charge in [-0.25, -0.2) is 4.98 Å². The number of rotatable bonds is 7. The number of carbonyl (C=O) groups excluding carboxylic acids is 1. The van der Waals surface area contributed by atoms with Crippen LogP contribution in [-0.2, 0) is 4.79 Å². The Morgan fingerprint density at radius 2 is 2.00 bits per heavy atom. The van der Waals surface area contributed by atoms with Gasteiger partial charge >= 0.3 is 0 Å². The molecule has 0 bridgehead atoms. The van der Waals surface area contributed by atoms with Crippen molar-refractivity contribution in [2.75, 3.05) is 36.9 Å². The first-order valence-corrected chi connectivity index (χ1v) is 8.65. The van der Waals surface area contributed by atoms with Crippen LogP contribution >= 0.6 is 0 Å². The standard InChI is InChI=1S/C18H23N5O3/c1-3-19-16-10-12(2)22-18(23-16)21-9-8-20-17(24)15-11-25-13-6-4-5-7-14(13)26-15/h4-7,10,15H,3,8-9,11H2,1-2H3,(H,20,24)(H2,19,21,22,23). The SMILES string of the molecule is CCNc1cc(C)nc(NCCNC(=O)C2COc3ccccc3O2)n1. The van der Waals surface area contributed by atoms with Crippen LogP contribution in [-0.4, -0.2) is 48.2 Å². The van der Waals surface area contributed by atoms with Gasteiger partial charge in [-0.3, -0.25) is 4.79 Å². The van der Waals surface area contributed by atoms with Crippen LogP contribution in [0, 0.1) is 6.92 Å². The fourth-order valence-electron chi connectivity index (χ4n) is 2.54. The van der Waals surface area contributed by atoms with Gasteiger partial charge in [0.1, 0.15) is 12.4 Å². The predicted molar refractivity (Wildman–Crippen MR) is 98.8 cm³/mol. The van der Waals surface area contributed by atoms with E-state index in [0.717, 1.165) is 18.1 Å². The molecule has 3 N–H and O–H groups in total. The zero-order valence-electron chi connectivity index (χ0n) is 14.9. The average Bonchev–Trinajstić information content (AvgIpc) is 2.64. The Bertz CT molecular complexity index is 768. The van der Waals surface area contributed by atoms with Crippen LogP contribution in [0.15, 0.2) is 30.3 Å². The van der Waals surface area contributed by atoms with Gasteiger partial charge in [0.2, 0.25) is 12.1 Å². The fraction of sp³-hybridized carbons (Fsp3) is 0.389. The van der Waals surface area contributed by atoms with Crippen molar-refractivity contribution in [3.8, 4) is 11.5 Å². The van der Waals surface area contributed by atoms with Crippen molar-refractivity contribution >= 4 is 17.7 Å². The number of aryl methyl sites for hydroxylation is 1. The number of benzene rings is 1. The maximum atomic E-state index is 12.2. The number of aromatic nitrogens is 2. The molecule has 0 spiro atoms. The highest BCUT2D eigenvalue weighted by atomic mass is 16.6. The number of amides is 1. The molecule has 1 aliphatic rings. The number of hydrogen-bond donors (Lipinski definition) is 3. The molecule has 8 nitrogen and oxygen atoms in total. The van der Waals surface area contributed by atoms with E-state index >= 15 is 0 Å². The van der Waals surface area contributed by atoms with Crippen molar-refractivity contribution in [3.63, 3.8) is 0 Å². The molecule has 3 rings (SSSR count). The van der Waals surface area contributed by atoms with E-state index in [2.05, 4.69) is 25.9 Å². The molecule has 2 heterocycles. The second-order valence-electron chi connectivity index (χ2n) is 5.83. The molecule has 0 aliphatic carbocycles. The molecular formula is C18H23N5O3. The average molecular weight is 357 g/mol. The van der Waals surface area contributed by atoms with Crippen molar-refractivity contribution in [1.82, 2.24) is 15.3 Å². The molecule has 1 unspecified atom stereocenters. The van der Waals surface area contributed by atoms with Crippen molar-refractivity contribution in [3.05, 3.63) is 36.0 Å². The summed E-state index contributed by atoms with van der Waals surface area (Å²) in [5, 5.41) is 9.10. The summed E-state index contributed by atoms with van der Waals surface area (Å²) in [6.45, 7) is 5.84. The molecule has 1 aromatic heterocycles. The van der Waals surface area contributed by atoms with Crippen molar-refractivity contribution in [2.45, 2.75) is 20.0 Å². The highest BCUT2D eigenvalue weighted by Gasteiger charge is 2.26. The number of fused-ring (bicyclic) bond motifs is 1. The molecule has 0 radical (unpaired) electrons. The lowest BCUT2D eigenvalue weighted by Crippen LogP contribution is -2.45. The van der Waals surface area contributed by atoms with Crippen LogP contribution in [0.25, 0.3) is 0 Å². The first kappa shape index (κ1) is 17.8. The summed E-state index contributed by atoms with van der Waals surface area (Å²) in [6, 6.07) is 9.19. The minimum atomic E-state index is -0.652. The second kappa shape index (κ2) is 8.37. The lowest BCUT2D eigenvalue weighted by Gasteiger charge is -2.25. The Morgan fingerprint density at radius 1 is 1.19 bits per heavy atom. The Balaban J connectivity index is 1.45. The second-order valence-corrected chi connectivity index (χ2v) is 5.83. The summed E-state index contributed by atoms with van der Waals surface area (Å²) < 4.78 is 11.2. The summed E-state index contributed by atoms with van der Waals surface area (Å²) in [7, 11) is 0.